The molecule has 2 N–H and O–H groups in total. The number of amides is 2. The van der Waals surface area contributed by atoms with Crippen LogP contribution in [-0.4, -0.2) is 17.6 Å². The Bertz CT molecular complexity index is 561. The molecule has 0 aliphatic rings. The maximum Gasteiger partial charge on any atom is 0.320 e. The van der Waals surface area contributed by atoms with Crippen LogP contribution in [0.15, 0.2) is 42.6 Å². The van der Waals surface area contributed by atoms with Gasteiger partial charge in [-0.3, -0.25) is 5.32 Å². The summed E-state index contributed by atoms with van der Waals surface area (Å²) < 4.78 is 0. The number of anilines is 1. The van der Waals surface area contributed by atoms with Crippen molar-refractivity contribution in [1.29, 1.82) is 0 Å². The minimum atomic E-state index is -0.228. The van der Waals surface area contributed by atoms with Gasteiger partial charge in [-0.25, -0.2) is 9.78 Å². The van der Waals surface area contributed by atoms with Crippen molar-refractivity contribution in [3.63, 3.8) is 0 Å². The highest BCUT2D eigenvalue weighted by molar-refractivity contribution is 5.88. The van der Waals surface area contributed by atoms with Crippen molar-refractivity contribution >= 4 is 11.8 Å². The first-order valence-electron chi connectivity index (χ1n) is 6.66. The molecular formula is C16H19N3O. The molecule has 2 amide bonds. The van der Waals surface area contributed by atoms with Crippen LogP contribution in [-0.2, 0) is 6.42 Å². The third kappa shape index (κ3) is 4.39. The number of benzene rings is 1. The number of aromatic nitrogens is 1. The Morgan fingerprint density at radius 1 is 1.05 bits per heavy atom. The number of hydrogen-bond donors (Lipinski definition) is 2. The van der Waals surface area contributed by atoms with Gasteiger partial charge < -0.3 is 5.32 Å². The van der Waals surface area contributed by atoms with Crippen molar-refractivity contribution in [2.75, 3.05) is 11.9 Å². The predicted molar refractivity (Wildman–Crippen MR) is 80.9 cm³/mol. The van der Waals surface area contributed by atoms with E-state index in [-0.39, 0.29) is 6.03 Å². The van der Waals surface area contributed by atoms with Crippen molar-refractivity contribution in [1.82, 2.24) is 10.3 Å². The number of carbonyl (C=O) groups is 1. The Morgan fingerprint density at radius 2 is 1.75 bits per heavy atom. The third-order valence-electron chi connectivity index (χ3n) is 2.97. The molecule has 1 heterocycles. The number of nitrogens with zero attached hydrogens (tertiary/aromatic N) is 1. The fourth-order valence-electron chi connectivity index (χ4n) is 1.78. The quantitative estimate of drug-likeness (QED) is 0.896. The lowest BCUT2D eigenvalue weighted by molar-refractivity contribution is 0.252. The van der Waals surface area contributed by atoms with Gasteiger partial charge in [-0.15, -0.1) is 0 Å². The number of hydrogen-bond acceptors (Lipinski definition) is 2. The number of nitrogens with one attached hydrogen (secondary N) is 2. The van der Waals surface area contributed by atoms with E-state index >= 15 is 0 Å². The largest absolute Gasteiger partial charge is 0.337 e. The average Bonchev–Trinajstić information content (AvgIpc) is 2.44. The highest BCUT2D eigenvalue weighted by Gasteiger charge is 2.01. The number of urea groups is 1. The van der Waals surface area contributed by atoms with Crippen LogP contribution in [0.25, 0.3) is 0 Å². The van der Waals surface area contributed by atoms with Gasteiger partial charge in [0, 0.05) is 12.7 Å². The van der Waals surface area contributed by atoms with Gasteiger partial charge in [-0.1, -0.05) is 35.9 Å². The average molecular weight is 269 g/mol. The Hall–Kier alpha value is -2.36. The third-order valence-corrected chi connectivity index (χ3v) is 2.97. The summed E-state index contributed by atoms with van der Waals surface area (Å²) in [7, 11) is 0. The van der Waals surface area contributed by atoms with E-state index in [2.05, 4.69) is 46.8 Å². The highest BCUT2D eigenvalue weighted by Crippen LogP contribution is 2.04. The van der Waals surface area contributed by atoms with Gasteiger partial charge in [-0.2, -0.15) is 0 Å². The van der Waals surface area contributed by atoms with Gasteiger partial charge in [-0.05, 0) is 37.5 Å². The maximum absolute atomic E-state index is 11.7. The second kappa shape index (κ2) is 6.70. The minimum Gasteiger partial charge on any atom is -0.337 e. The van der Waals surface area contributed by atoms with Crippen molar-refractivity contribution in [2.45, 2.75) is 20.3 Å². The van der Waals surface area contributed by atoms with Crippen LogP contribution in [0.3, 0.4) is 0 Å². The molecule has 0 saturated carbocycles. The summed E-state index contributed by atoms with van der Waals surface area (Å²) in [5, 5.41) is 5.52. The van der Waals surface area contributed by atoms with Gasteiger partial charge in [0.05, 0.1) is 0 Å². The second-order valence-electron chi connectivity index (χ2n) is 4.84. The van der Waals surface area contributed by atoms with E-state index in [1.54, 1.807) is 12.3 Å². The number of pyridine rings is 1. The van der Waals surface area contributed by atoms with E-state index in [4.69, 9.17) is 0 Å². The lowest BCUT2D eigenvalue weighted by Gasteiger charge is -2.07. The molecule has 0 bridgehead atoms. The molecule has 0 unspecified atom stereocenters. The van der Waals surface area contributed by atoms with E-state index in [1.165, 1.54) is 11.1 Å². The van der Waals surface area contributed by atoms with Crippen LogP contribution in [0.2, 0.25) is 0 Å². The Kier molecular flexibility index (Phi) is 4.71. The molecule has 0 radical (unpaired) electrons. The standard InChI is InChI=1S/C16H19N3O/c1-12-3-6-14(7-4-12)9-10-17-16(20)19-15-8-5-13(2)11-18-15/h3-8,11H,9-10H2,1-2H3,(H2,17,18,19,20). The summed E-state index contributed by atoms with van der Waals surface area (Å²) in [6, 6.07) is 11.8. The van der Waals surface area contributed by atoms with E-state index in [0.717, 1.165) is 12.0 Å². The van der Waals surface area contributed by atoms with Crippen molar-refractivity contribution in [3.8, 4) is 0 Å². The van der Waals surface area contributed by atoms with Crippen molar-refractivity contribution in [2.24, 2.45) is 0 Å². The zero-order valence-electron chi connectivity index (χ0n) is 11.8. The molecule has 0 fully saturated rings. The van der Waals surface area contributed by atoms with E-state index in [9.17, 15) is 4.79 Å². The number of carbonyl (C=O) groups excluding carboxylic acids is 1. The first-order chi connectivity index (χ1) is 9.63. The SMILES string of the molecule is Cc1ccc(CCNC(=O)Nc2ccc(C)cn2)cc1. The fourth-order valence-corrected chi connectivity index (χ4v) is 1.78. The van der Waals surface area contributed by atoms with Crippen molar-refractivity contribution < 1.29 is 4.79 Å². The second-order valence-corrected chi connectivity index (χ2v) is 4.84. The molecule has 1 aromatic carbocycles. The van der Waals surface area contributed by atoms with Crippen LogP contribution in [0.1, 0.15) is 16.7 Å². The van der Waals surface area contributed by atoms with E-state index < -0.39 is 0 Å². The molecule has 2 rings (SSSR count). The molecule has 4 heteroatoms. The monoisotopic (exact) mass is 269 g/mol. The highest BCUT2D eigenvalue weighted by atomic mass is 16.2. The molecule has 104 valence electrons. The smallest absolute Gasteiger partial charge is 0.320 e. The summed E-state index contributed by atoms with van der Waals surface area (Å²) in [6.07, 6.45) is 2.54. The molecule has 2 aromatic rings. The Morgan fingerprint density at radius 3 is 2.40 bits per heavy atom. The molecule has 4 nitrogen and oxygen atoms in total. The first kappa shape index (κ1) is 14.1. The molecule has 0 saturated heterocycles. The summed E-state index contributed by atoms with van der Waals surface area (Å²) in [4.78, 5) is 15.8. The lowest BCUT2D eigenvalue weighted by Crippen LogP contribution is -2.30. The summed E-state index contributed by atoms with van der Waals surface area (Å²) >= 11 is 0. The van der Waals surface area contributed by atoms with Gasteiger partial charge in [0.15, 0.2) is 0 Å². The van der Waals surface area contributed by atoms with Gasteiger partial charge >= 0.3 is 6.03 Å². The predicted octanol–water partition coefficient (Wildman–Crippen LogP) is 3.06. The lowest BCUT2D eigenvalue weighted by atomic mass is 10.1. The van der Waals surface area contributed by atoms with E-state index in [1.807, 2.05) is 13.0 Å². The van der Waals surface area contributed by atoms with Crippen LogP contribution < -0.4 is 10.6 Å². The van der Waals surface area contributed by atoms with E-state index in [0.29, 0.717) is 12.4 Å². The Labute approximate surface area is 119 Å². The summed E-state index contributed by atoms with van der Waals surface area (Å²) in [5.41, 5.74) is 3.52. The fraction of sp³-hybridized carbons (Fsp3) is 0.250. The van der Waals surface area contributed by atoms with Crippen LogP contribution in [0.5, 0.6) is 0 Å². The number of rotatable bonds is 4. The number of aryl methyl sites for hydroxylation is 2. The normalized spacial score (nSPS) is 10.1. The molecule has 0 atom stereocenters. The van der Waals surface area contributed by atoms with Crippen LogP contribution in [0, 0.1) is 13.8 Å². The zero-order valence-corrected chi connectivity index (χ0v) is 11.8. The molecule has 1 aromatic heterocycles. The van der Waals surface area contributed by atoms with Gasteiger partial charge in [0.2, 0.25) is 0 Å². The van der Waals surface area contributed by atoms with Crippen LogP contribution >= 0.6 is 0 Å². The molecule has 0 spiro atoms. The minimum absolute atomic E-state index is 0.228. The van der Waals surface area contributed by atoms with Crippen LogP contribution in [0.4, 0.5) is 10.6 Å². The van der Waals surface area contributed by atoms with Gasteiger partial charge in [0.1, 0.15) is 5.82 Å². The van der Waals surface area contributed by atoms with Crippen molar-refractivity contribution in [3.05, 3.63) is 59.3 Å². The molecular weight excluding hydrogens is 250 g/mol. The zero-order chi connectivity index (χ0) is 14.4. The maximum atomic E-state index is 11.7. The summed E-state index contributed by atoms with van der Waals surface area (Å²) in [6.45, 7) is 4.61. The molecule has 20 heavy (non-hydrogen) atoms. The molecule has 0 aliphatic carbocycles. The topological polar surface area (TPSA) is 54.0 Å². The van der Waals surface area contributed by atoms with Gasteiger partial charge in [0.25, 0.3) is 0 Å². The Balaban J connectivity index is 1.75. The summed E-state index contributed by atoms with van der Waals surface area (Å²) in [5.74, 6) is 0.559. The molecule has 0 aliphatic heterocycles. The first-order valence-corrected chi connectivity index (χ1v) is 6.66.